The molecule has 122 valence electrons. The van der Waals surface area contributed by atoms with Crippen molar-refractivity contribution in [2.45, 2.75) is 12.3 Å². The fraction of sp³-hybridized carbons (Fsp3) is 0.562. The van der Waals surface area contributed by atoms with Gasteiger partial charge >= 0.3 is 0 Å². The smallest absolute Gasteiger partial charge is 0.191 e. The number of hydrogen-bond donors (Lipinski definition) is 1. The Kier molecular flexibility index (Phi) is 6.31. The summed E-state index contributed by atoms with van der Waals surface area (Å²) in [7, 11) is 2.15. The first-order valence-corrected chi connectivity index (χ1v) is 7.68. The number of fused-ring (bicyclic) bond motifs is 1. The number of ether oxygens (including phenoxy) is 1. The number of para-hydroxylation sites is 1. The molecule has 1 atom stereocenters. The molecule has 0 spiro atoms. The topological polar surface area (TPSA) is 54.1 Å². The molecule has 0 aliphatic carbocycles. The third-order valence-electron chi connectivity index (χ3n) is 4.41. The summed E-state index contributed by atoms with van der Waals surface area (Å²) in [5.74, 6) is 1.13. The van der Waals surface area contributed by atoms with Gasteiger partial charge in [-0.05, 0) is 18.1 Å². The molecule has 6 heteroatoms. The van der Waals surface area contributed by atoms with Gasteiger partial charge in [-0.2, -0.15) is 0 Å². The Bertz CT molecular complexity index is 517. The van der Waals surface area contributed by atoms with Crippen LogP contribution < -0.4 is 10.6 Å². The summed E-state index contributed by atoms with van der Waals surface area (Å²) >= 11 is 0. The molecule has 0 amide bonds. The predicted molar refractivity (Wildman–Crippen MR) is 101 cm³/mol. The molecule has 2 aliphatic rings. The first kappa shape index (κ1) is 17.3. The summed E-state index contributed by atoms with van der Waals surface area (Å²) in [4.78, 5) is 9.08. The van der Waals surface area contributed by atoms with E-state index in [1.165, 1.54) is 11.3 Å². The first-order valence-electron chi connectivity index (χ1n) is 7.68. The predicted octanol–water partition coefficient (Wildman–Crippen LogP) is 1.88. The highest BCUT2D eigenvalue weighted by molar-refractivity contribution is 14.0. The number of hydrogen-bond acceptors (Lipinski definition) is 3. The fourth-order valence-corrected chi connectivity index (χ4v) is 3.09. The molecule has 1 aromatic carbocycles. The van der Waals surface area contributed by atoms with Gasteiger partial charge in [0.25, 0.3) is 0 Å². The molecule has 1 saturated heterocycles. The van der Waals surface area contributed by atoms with Crippen molar-refractivity contribution in [2.75, 3.05) is 51.3 Å². The fourth-order valence-electron chi connectivity index (χ4n) is 3.09. The van der Waals surface area contributed by atoms with Gasteiger partial charge in [0.05, 0.1) is 13.2 Å². The minimum absolute atomic E-state index is 0. The molecule has 0 radical (unpaired) electrons. The van der Waals surface area contributed by atoms with Crippen LogP contribution in [0.4, 0.5) is 5.69 Å². The largest absolute Gasteiger partial charge is 0.378 e. The van der Waals surface area contributed by atoms with Crippen molar-refractivity contribution in [3.8, 4) is 0 Å². The molecule has 0 bridgehead atoms. The van der Waals surface area contributed by atoms with Crippen LogP contribution in [0.25, 0.3) is 0 Å². The monoisotopic (exact) mass is 416 g/mol. The number of morpholine rings is 1. The molecular formula is C16H25IN4O. The number of halogens is 1. The minimum Gasteiger partial charge on any atom is -0.378 e. The molecule has 1 aromatic rings. The average Bonchev–Trinajstić information content (AvgIpc) is 2.55. The number of guanidine groups is 1. The van der Waals surface area contributed by atoms with Crippen LogP contribution in [0.3, 0.4) is 0 Å². The Morgan fingerprint density at radius 1 is 1.27 bits per heavy atom. The maximum Gasteiger partial charge on any atom is 0.191 e. The maximum absolute atomic E-state index is 6.12. The van der Waals surface area contributed by atoms with Gasteiger partial charge in [-0.1, -0.05) is 18.2 Å². The van der Waals surface area contributed by atoms with E-state index in [1.807, 2.05) is 0 Å². The lowest BCUT2D eigenvalue weighted by Crippen LogP contribution is -2.45. The molecule has 2 aliphatic heterocycles. The molecule has 5 nitrogen and oxygen atoms in total. The molecule has 2 heterocycles. The lowest BCUT2D eigenvalue weighted by atomic mass is 9.90. The molecule has 2 N–H and O–H groups in total. The quantitative estimate of drug-likeness (QED) is 0.455. The van der Waals surface area contributed by atoms with Gasteiger partial charge < -0.3 is 20.3 Å². The zero-order valence-corrected chi connectivity index (χ0v) is 15.4. The van der Waals surface area contributed by atoms with E-state index in [4.69, 9.17) is 10.5 Å². The van der Waals surface area contributed by atoms with E-state index in [-0.39, 0.29) is 24.0 Å². The highest BCUT2D eigenvalue weighted by atomic mass is 127. The van der Waals surface area contributed by atoms with Crippen molar-refractivity contribution in [3.05, 3.63) is 29.8 Å². The molecule has 22 heavy (non-hydrogen) atoms. The summed E-state index contributed by atoms with van der Waals surface area (Å²) in [6.45, 7) is 5.03. The van der Waals surface area contributed by atoms with Gasteiger partial charge in [0.1, 0.15) is 0 Å². The number of anilines is 1. The third-order valence-corrected chi connectivity index (χ3v) is 4.41. The average molecular weight is 416 g/mol. The third kappa shape index (κ3) is 3.84. The summed E-state index contributed by atoms with van der Waals surface area (Å²) < 4.78 is 5.34. The van der Waals surface area contributed by atoms with E-state index in [0.717, 1.165) is 45.8 Å². The lowest BCUT2D eigenvalue weighted by molar-refractivity contribution is 0.0674. The standard InChI is InChI=1S/C16H24N4O.HI/c1-19-7-6-13(14-4-2-3-5-15(14)19)12-18-16(17)20-8-10-21-11-9-20;/h2-5,13H,6-12H2,1H3,(H2,17,18);1H. The highest BCUT2D eigenvalue weighted by Gasteiger charge is 2.23. The van der Waals surface area contributed by atoms with Crippen LogP contribution in [-0.2, 0) is 4.74 Å². The van der Waals surface area contributed by atoms with Crippen LogP contribution in [0.15, 0.2) is 29.3 Å². The van der Waals surface area contributed by atoms with Gasteiger partial charge in [0, 0.05) is 44.8 Å². The van der Waals surface area contributed by atoms with Crippen molar-refractivity contribution in [1.29, 1.82) is 0 Å². The van der Waals surface area contributed by atoms with Crippen molar-refractivity contribution in [3.63, 3.8) is 0 Å². The molecule has 1 fully saturated rings. The van der Waals surface area contributed by atoms with E-state index < -0.39 is 0 Å². The number of aliphatic imine (C=N–C) groups is 1. The van der Waals surface area contributed by atoms with Crippen LogP contribution in [0.5, 0.6) is 0 Å². The van der Waals surface area contributed by atoms with Crippen LogP contribution in [0.1, 0.15) is 17.9 Å². The number of rotatable bonds is 2. The Labute approximate surface area is 149 Å². The van der Waals surface area contributed by atoms with Gasteiger partial charge in [0.2, 0.25) is 0 Å². The van der Waals surface area contributed by atoms with Crippen LogP contribution in [0.2, 0.25) is 0 Å². The summed E-state index contributed by atoms with van der Waals surface area (Å²) in [5.41, 5.74) is 8.84. The van der Waals surface area contributed by atoms with Crippen molar-refractivity contribution >= 4 is 35.6 Å². The van der Waals surface area contributed by atoms with Gasteiger partial charge in [0.15, 0.2) is 5.96 Å². The van der Waals surface area contributed by atoms with Gasteiger partial charge in [-0.15, -0.1) is 24.0 Å². The SMILES string of the molecule is CN1CCC(CN=C(N)N2CCOCC2)c2ccccc21.I. The number of benzene rings is 1. The van der Waals surface area contributed by atoms with E-state index in [2.05, 4.69) is 46.1 Å². The lowest BCUT2D eigenvalue weighted by Gasteiger charge is -2.33. The second-order valence-corrected chi connectivity index (χ2v) is 5.76. The van der Waals surface area contributed by atoms with Crippen molar-refractivity contribution in [1.82, 2.24) is 4.90 Å². The summed E-state index contributed by atoms with van der Waals surface area (Å²) in [6, 6.07) is 8.62. The van der Waals surface area contributed by atoms with Crippen LogP contribution in [-0.4, -0.2) is 57.3 Å². The number of nitrogens with two attached hydrogens (primary N) is 1. The zero-order chi connectivity index (χ0) is 14.7. The maximum atomic E-state index is 6.12. The molecule has 0 aromatic heterocycles. The Balaban J connectivity index is 0.00000176. The summed E-state index contributed by atoms with van der Waals surface area (Å²) in [6.07, 6.45) is 1.13. The zero-order valence-electron chi connectivity index (χ0n) is 13.1. The highest BCUT2D eigenvalue weighted by Crippen LogP contribution is 2.34. The first-order chi connectivity index (χ1) is 10.3. The van der Waals surface area contributed by atoms with E-state index in [0.29, 0.717) is 11.9 Å². The van der Waals surface area contributed by atoms with Crippen molar-refractivity contribution < 1.29 is 4.74 Å². The normalized spacial score (nSPS) is 22.0. The number of nitrogens with zero attached hydrogens (tertiary/aromatic N) is 3. The second-order valence-electron chi connectivity index (χ2n) is 5.76. The second kappa shape index (κ2) is 8.01. The van der Waals surface area contributed by atoms with Crippen molar-refractivity contribution in [2.24, 2.45) is 10.7 Å². The molecule has 0 saturated carbocycles. The molecule has 3 rings (SSSR count). The minimum atomic E-state index is 0. The molecular weight excluding hydrogens is 391 g/mol. The Morgan fingerprint density at radius 2 is 2.00 bits per heavy atom. The van der Waals surface area contributed by atoms with Crippen LogP contribution >= 0.6 is 24.0 Å². The van der Waals surface area contributed by atoms with E-state index in [1.54, 1.807) is 0 Å². The summed E-state index contributed by atoms with van der Waals surface area (Å²) in [5, 5.41) is 0. The molecule has 1 unspecified atom stereocenters. The van der Waals surface area contributed by atoms with E-state index >= 15 is 0 Å². The Morgan fingerprint density at radius 3 is 2.77 bits per heavy atom. The Hall–Kier alpha value is -1.02. The van der Waals surface area contributed by atoms with Crippen LogP contribution in [0, 0.1) is 0 Å². The van der Waals surface area contributed by atoms with E-state index in [9.17, 15) is 0 Å². The van der Waals surface area contributed by atoms with Gasteiger partial charge in [-0.25, -0.2) is 0 Å². The van der Waals surface area contributed by atoms with Gasteiger partial charge in [-0.3, -0.25) is 4.99 Å².